The maximum atomic E-state index is 12.6. The third-order valence-corrected chi connectivity index (χ3v) is 6.06. The molecule has 0 unspecified atom stereocenters. The van der Waals surface area contributed by atoms with Crippen molar-refractivity contribution < 1.29 is 17.9 Å². The van der Waals surface area contributed by atoms with E-state index in [1.807, 2.05) is 0 Å². The first-order valence-corrected chi connectivity index (χ1v) is 8.46. The van der Waals surface area contributed by atoms with E-state index in [-0.39, 0.29) is 4.90 Å². The third-order valence-electron chi connectivity index (χ3n) is 3.93. The second kappa shape index (κ2) is 5.15. The number of hydrogen-bond donors (Lipinski definition) is 1. The predicted octanol–water partition coefficient (Wildman–Crippen LogP) is 1.60. The van der Waals surface area contributed by atoms with Crippen molar-refractivity contribution in [2.24, 2.45) is 0 Å². The van der Waals surface area contributed by atoms with Crippen molar-refractivity contribution in [1.29, 1.82) is 0 Å². The number of halogens is 1. The number of benzene rings is 1. The highest BCUT2D eigenvalue weighted by Crippen LogP contribution is 2.32. The largest absolute Gasteiger partial charge is 0.441 e. The van der Waals surface area contributed by atoms with Crippen LogP contribution in [0, 0.1) is 0 Å². The van der Waals surface area contributed by atoms with Crippen molar-refractivity contribution in [1.82, 2.24) is 9.62 Å². The molecule has 2 heterocycles. The van der Waals surface area contributed by atoms with Gasteiger partial charge in [-0.1, -0.05) is 17.7 Å². The number of amides is 1. The van der Waals surface area contributed by atoms with E-state index in [0.29, 0.717) is 37.5 Å². The molecule has 6 nitrogen and oxygen atoms in total. The monoisotopic (exact) mass is 330 g/mol. The first kappa shape index (κ1) is 14.6. The number of sulfonamides is 1. The molecule has 8 heteroatoms. The van der Waals surface area contributed by atoms with Gasteiger partial charge in [0, 0.05) is 31.0 Å². The molecule has 0 aliphatic carbocycles. The molecule has 1 aromatic carbocycles. The molecule has 1 spiro atoms. The van der Waals surface area contributed by atoms with Gasteiger partial charge in [0.25, 0.3) is 0 Å². The Bertz CT molecular complexity index is 669. The summed E-state index contributed by atoms with van der Waals surface area (Å²) in [7, 11) is -3.56. The summed E-state index contributed by atoms with van der Waals surface area (Å²) in [6, 6.07) is 6.22. The zero-order valence-electron chi connectivity index (χ0n) is 11.2. The molecule has 0 saturated carbocycles. The molecule has 2 aliphatic rings. The highest BCUT2D eigenvalue weighted by molar-refractivity contribution is 7.89. The van der Waals surface area contributed by atoms with Crippen LogP contribution in [0.3, 0.4) is 0 Å². The van der Waals surface area contributed by atoms with Gasteiger partial charge in [0.2, 0.25) is 10.0 Å². The normalized spacial score (nSPS) is 22.0. The Kier molecular flexibility index (Phi) is 3.59. The van der Waals surface area contributed by atoms with Gasteiger partial charge in [0.15, 0.2) is 0 Å². The number of carbonyl (C=O) groups is 1. The summed E-state index contributed by atoms with van der Waals surface area (Å²) in [5.74, 6) is 0. The van der Waals surface area contributed by atoms with Crippen LogP contribution in [0.15, 0.2) is 29.2 Å². The number of alkyl carbamates (subject to hydrolysis) is 1. The second-order valence-electron chi connectivity index (χ2n) is 5.29. The first-order chi connectivity index (χ1) is 9.91. The minimum atomic E-state index is -3.56. The summed E-state index contributed by atoms with van der Waals surface area (Å²) in [5.41, 5.74) is -0.558. The lowest BCUT2D eigenvalue weighted by Gasteiger charge is -2.36. The predicted molar refractivity (Wildman–Crippen MR) is 76.7 cm³/mol. The van der Waals surface area contributed by atoms with E-state index in [4.69, 9.17) is 16.3 Å². The van der Waals surface area contributed by atoms with Gasteiger partial charge >= 0.3 is 6.09 Å². The van der Waals surface area contributed by atoms with E-state index >= 15 is 0 Å². The van der Waals surface area contributed by atoms with E-state index < -0.39 is 21.7 Å². The summed E-state index contributed by atoms with van der Waals surface area (Å²) >= 11 is 5.86. The molecule has 2 fully saturated rings. The van der Waals surface area contributed by atoms with Crippen molar-refractivity contribution in [2.45, 2.75) is 23.3 Å². The highest BCUT2D eigenvalue weighted by atomic mass is 35.5. The lowest BCUT2D eigenvalue weighted by atomic mass is 9.93. The average molecular weight is 331 g/mol. The smallest absolute Gasteiger partial charge is 0.407 e. The SMILES string of the molecule is O=C1NCC2(CCN(S(=O)(=O)c3cccc(Cl)c3)CC2)O1. The summed E-state index contributed by atoms with van der Waals surface area (Å²) in [6.45, 7) is 1.09. The number of hydrogen-bond acceptors (Lipinski definition) is 4. The lowest BCUT2D eigenvalue weighted by Crippen LogP contribution is -2.48. The molecule has 0 aromatic heterocycles. The Morgan fingerprint density at radius 3 is 2.57 bits per heavy atom. The van der Waals surface area contributed by atoms with Crippen molar-refractivity contribution in [3.05, 3.63) is 29.3 Å². The van der Waals surface area contributed by atoms with Gasteiger partial charge in [-0.15, -0.1) is 0 Å². The van der Waals surface area contributed by atoms with E-state index in [1.165, 1.54) is 16.4 Å². The zero-order valence-corrected chi connectivity index (χ0v) is 12.8. The van der Waals surface area contributed by atoms with Crippen molar-refractivity contribution in [3.63, 3.8) is 0 Å². The minimum absolute atomic E-state index is 0.187. The molecule has 1 aromatic rings. The topological polar surface area (TPSA) is 75.7 Å². The number of rotatable bonds is 2. The maximum Gasteiger partial charge on any atom is 0.407 e. The summed E-state index contributed by atoms with van der Waals surface area (Å²) in [5, 5.41) is 3.01. The van der Waals surface area contributed by atoms with E-state index in [0.717, 1.165) is 0 Å². The van der Waals surface area contributed by atoms with Crippen LogP contribution in [-0.2, 0) is 14.8 Å². The van der Waals surface area contributed by atoms with Crippen LogP contribution < -0.4 is 5.32 Å². The average Bonchev–Trinajstić information content (AvgIpc) is 2.80. The van der Waals surface area contributed by atoms with Gasteiger partial charge in [-0.3, -0.25) is 0 Å². The summed E-state index contributed by atoms with van der Waals surface area (Å²) in [4.78, 5) is 11.4. The first-order valence-electron chi connectivity index (χ1n) is 6.64. The molecule has 2 aliphatic heterocycles. The maximum absolute atomic E-state index is 12.6. The van der Waals surface area contributed by atoms with Crippen LogP contribution in [0.2, 0.25) is 5.02 Å². The summed E-state index contributed by atoms with van der Waals surface area (Å²) < 4.78 is 31.8. The van der Waals surface area contributed by atoms with E-state index in [9.17, 15) is 13.2 Å². The van der Waals surface area contributed by atoms with Crippen LogP contribution in [0.1, 0.15) is 12.8 Å². The summed E-state index contributed by atoms with van der Waals surface area (Å²) in [6.07, 6.45) is 0.554. The van der Waals surface area contributed by atoms with Gasteiger partial charge < -0.3 is 10.1 Å². The molecule has 3 rings (SSSR count). The molecule has 0 bridgehead atoms. The van der Waals surface area contributed by atoms with Crippen LogP contribution in [0.5, 0.6) is 0 Å². The molecule has 1 amide bonds. The quantitative estimate of drug-likeness (QED) is 0.893. The van der Waals surface area contributed by atoms with Gasteiger partial charge in [0.05, 0.1) is 11.4 Å². The van der Waals surface area contributed by atoms with Crippen LogP contribution in [-0.4, -0.2) is 44.1 Å². The Morgan fingerprint density at radius 2 is 2.00 bits per heavy atom. The van der Waals surface area contributed by atoms with E-state index in [1.54, 1.807) is 12.1 Å². The third kappa shape index (κ3) is 2.73. The fraction of sp³-hybridized carbons (Fsp3) is 0.462. The number of nitrogens with zero attached hydrogens (tertiary/aromatic N) is 1. The number of piperidine rings is 1. The lowest BCUT2D eigenvalue weighted by molar-refractivity contribution is 0.0173. The fourth-order valence-electron chi connectivity index (χ4n) is 2.69. The second-order valence-corrected chi connectivity index (χ2v) is 7.66. The molecule has 0 radical (unpaired) electrons. The Labute approximate surface area is 128 Å². The van der Waals surface area contributed by atoms with Crippen molar-refractivity contribution in [3.8, 4) is 0 Å². The number of carbonyl (C=O) groups excluding carboxylic acids is 1. The van der Waals surface area contributed by atoms with Crippen LogP contribution in [0.4, 0.5) is 4.79 Å². The van der Waals surface area contributed by atoms with Gasteiger partial charge in [0.1, 0.15) is 5.60 Å². The molecule has 0 atom stereocenters. The van der Waals surface area contributed by atoms with Crippen LogP contribution >= 0.6 is 11.6 Å². The number of ether oxygens (including phenoxy) is 1. The zero-order chi connectivity index (χ0) is 15.1. The van der Waals surface area contributed by atoms with Crippen molar-refractivity contribution >= 4 is 27.7 Å². The number of nitrogens with one attached hydrogen (secondary N) is 1. The fourth-order valence-corrected chi connectivity index (χ4v) is 4.43. The molecular formula is C13H15ClN2O4S. The molecule has 21 heavy (non-hydrogen) atoms. The Morgan fingerprint density at radius 1 is 1.29 bits per heavy atom. The standard InChI is InChI=1S/C13H15ClN2O4S/c14-10-2-1-3-11(8-10)21(18,19)16-6-4-13(5-7-16)9-15-12(17)20-13/h1-3,8H,4-7,9H2,(H,15,17). The Balaban J connectivity index is 1.76. The molecule has 1 N–H and O–H groups in total. The minimum Gasteiger partial charge on any atom is -0.441 e. The molecule has 2 saturated heterocycles. The van der Waals surface area contributed by atoms with Gasteiger partial charge in [-0.2, -0.15) is 4.31 Å². The van der Waals surface area contributed by atoms with Crippen LogP contribution in [0.25, 0.3) is 0 Å². The highest BCUT2D eigenvalue weighted by Gasteiger charge is 2.45. The Hall–Kier alpha value is -1.31. The van der Waals surface area contributed by atoms with Gasteiger partial charge in [-0.05, 0) is 18.2 Å². The van der Waals surface area contributed by atoms with E-state index in [2.05, 4.69) is 5.32 Å². The van der Waals surface area contributed by atoms with Gasteiger partial charge in [-0.25, -0.2) is 13.2 Å². The van der Waals surface area contributed by atoms with Crippen molar-refractivity contribution in [2.75, 3.05) is 19.6 Å². The molecular weight excluding hydrogens is 316 g/mol. The molecule has 114 valence electrons.